The Morgan fingerprint density at radius 2 is 0.277 bits per heavy atom. The van der Waals surface area contributed by atoms with Gasteiger partial charge < -0.3 is 0 Å². The molecule has 0 aliphatic carbocycles. The van der Waals surface area contributed by atoms with Crippen LogP contribution in [0, 0.1) is 23.7 Å². The molecule has 0 aliphatic rings. The molecule has 0 saturated carbocycles. The molecule has 0 spiro atoms. The van der Waals surface area contributed by atoms with E-state index in [9.17, 15) is 0 Å². The summed E-state index contributed by atoms with van der Waals surface area (Å²) in [6, 6.07) is 0. The van der Waals surface area contributed by atoms with Gasteiger partial charge in [0.25, 0.3) is 0 Å². The van der Waals surface area contributed by atoms with Crippen LogP contribution in [0.1, 0.15) is 311 Å². The van der Waals surface area contributed by atoms with E-state index < -0.39 is 0 Å². The van der Waals surface area contributed by atoms with Crippen LogP contribution in [0.25, 0.3) is 0 Å². The molecule has 0 aromatic carbocycles. The van der Waals surface area contributed by atoms with Crippen LogP contribution >= 0.6 is 0 Å². The molecule has 0 fully saturated rings. The Morgan fingerprint density at radius 3 is 0.277 bits per heavy atom. The molecule has 0 unspecified atom stereocenters. The van der Waals surface area contributed by atoms with E-state index in [0.29, 0.717) is 0 Å². The van der Waals surface area contributed by atoms with Crippen molar-refractivity contribution in [2.24, 2.45) is 23.7 Å². The first-order chi connectivity index (χ1) is 30.2. The van der Waals surface area contributed by atoms with Crippen molar-refractivity contribution in [3.63, 3.8) is 0 Å². The van der Waals surface area contributed by atoms with Gasteiger partial charge in [-0.1, -0.05) is 283 Å². The Bertz CT molecular complexity index is 347. The Labute approximate surface area is 433 Å². The van der Waals surface area contributed by atoms with Crippen molar-refractivity contribution in [2.45, 2.75) is 311 Å². The van der Waals surface area contributed by atoms with Gasteiger partial charge in [0, 0.05) is 0 Å². The second kappa shape index (κ2) is 402. The van der Waals surface area contributed by atoms with E-state index >= 15 is 0 Å². The predicted octanol–water partition coefficient (Wildman–Crippen LogP) is 28.6. The highest BCUT2D eigenvalue weighted by molar-refractivity contribution is 4.79. The van der Waals surface area contributed by atoms with Gasteiger partial charge in [0.15, 0.2) is 0 Å². The summed E-state index contributed by atoms with van der Waals surface area (Å²) in [5, 5.41) is 0. The van der Waals surface area contributed by atoms with Crippen molar-refractivity contribution in [1.82, 2.24) is 0 Å². The zero-order valence-electron chi connectivity index (χ0n) is 57.0. The minimum atomic E-state index is 0.833. The molecule has 0 heterocycles. The first-order valence-corrected chi connectivity index (χ1v) is 26.8. The number of hydrogen-bond donors (Lipinski definition) is 0. The lowest BCUT2D eigenvalue weighted by molar-refractivity contribution is 0.736. The van der Waals surface area contributed by atoms with Crippen molar-refractivity contribution in [3.8, 4) is 0 Å². The Balaban J connectivity index is -0.0000000136. The van der Waals surface area contributed by atoms with E-state index in [0.717, 1.165) is 23.7 Å². The van der Waals surface area contributed by atoms with Gasteiger partial charge in [0.2, 0.25) is 0 Å². The third-order valence-corrected chi connectivity index (χ3v) is 0. The molecule has 0 bridgehead atoms. The molecule has 0 saturated heterocycles. The molecule has 0 amide bonds. The molecule has 420 valence electrons. The van der Waals surface area contributed by atoms with Gasteiger partial charge in [0.05, 0.1) is 0 Å². The third kappa shape index (κ3) is 51400. The van der Waals surface area contributed by atoms with Crippen LogP contribution in [-0.2, 0) is 0 Å². The zero-order valence-corrected chi connectivity index (χ0v) is 57.0. The maximum Gasteiger partial charge on any atom is -0.0445 e. The first-order valence-electron chi connectivity index (χ1n) is 26.8. The molecule has 0 N–H and O–H groups in total. The highest BCUT2D eigenvalue weighted by atomic mass is 13.8. The molecular weight excluding hydrogens is 781 g/mol. The highest BCUT2D eigenvalue weighted by Gasteiger charge is 1.69. The lowest BCUT2D eigenvalue weighted by Gasteiger charge is -1.79. The fraction of sp³-hybridized carbons (Fsp3) is 0.754. The fourth-order valence-corrected chi connectivity index (χ4v) is 0. The average Bonchev–Trinajstić information content (AvgIpc) is 3.23. The molecule has 0 aliphatic heterocycles. The average molecular weight is 942 g/mol. The van der Waals surface area contributed by atoms with Gasteiger partial charge in [-0.25, -0.2) is 0 Å². The number of hydrogen-bond acceptors (Lipinski definition) is 0. The van der Waals surface area contributed by atoms with Gasteiger partial charge in [-0.3, -0.25) is 0 Å². The molecule has 65 heavy (non-hydrogen) atoms. The van der Waals surface area contributed by atoms with Crippen LogP contribution in [0.2, 0.25) is 0 Å². The lowest BCUT2D eigenvalue weighted by atomic mass is 10.3. The van der Waals surface area contributed by atoms with Crippen LogP contribution in [0.3, 0.4) is 0 Å². The Morgan fingerprint density at radius 1 is 0.277 bits per heavy atom. The standard InChI is InChI=1S/4C4H10.3C4H8.2C3H8.3C3H6.9C2H6.2C2H4/c7*1-4(2)3;5*1-3-2;11*1-2/h4*4H,1-3H3;3*1H2,2-3H3;2*3H2,1-2H3;3*3H,1H2,2H3;9*1-2H3;2*1-2H2. The van der Waals surface area contributed by atoms with Gasteiger partial charge in [-0.05, 0) is 86.0 Å². The maximum absolute atomic E-state index is 3.56. The van der Waals surface area contributed by atoms with Gasteiger partial charge in [-0.15, -0.1) is 65.8 Å². The summed E-state index contributed by atoms with van der Waals surface area (Å²) in [7, 11) is 0. The first kappa shape index (κ1) is 151. The lowest BCUT2D eigenvalue weighted by Crippen LogP contribution is -1.66. The van der Waals surface area contributed by atoms with E-state index in [4.69, 9.17) is 0 Å². The van der Waals surface area contributed by atoms with E-state index in [1.807, 2.05) is 187 Å². The van der Waals surface area contributed by atoms with Gasteiger partial charge >= 0.3 is 0 Å². The Kier molecular flexibility index (Phi) is 935. The van der Waals surface area contributed by atoms with Crippen molar-refractivity contribution in [3.05, 3.63) is 101 Å². The molecule has 0 rings (SSSR count). The number of rotatable bonds is 0. The molecule has 0 atom stereocenters. The van der Waals surface area contributed by atoms with Gasteiger partial charge in [-0.2, -0.15) is 0 Å². The molecular formula is C65H160. The molecule has 0 aromatic heterocycles. The Hall–Kier alpha value is -2.08. The van der Waals surface area contributed by atoms with Gasteiger partial charge in [0.1, 0.15) is 0 Å². The summed E-state index contributed by atoms with van der Waals surface area (Å²) in [6.45, 7) is 121. The summed E-state index contributed by atoms with van der Waals surface area (Å²) in [4.78, 5) is 0. The molecule has 0 nitrogen and oxygen atoms in total. The van der Waals surface area contributed by atoms with Crippen LogP contribution in [-0.4, -0.2) is 0 Å². The van der Waals surface area contributed by atoms with Crippen LogP contribution in [0.5, 0.6) is 0 Å². The van der Waals surface area contributed by atoms with Crippen molar-refractivity contribution < 1.29 is 0 Å². The summed E-state index contributed by atoms with van der Waals surface area (Å²) in [5.74, 6) is 3.33. The summed E-state index contributed by atoms with van der Waals surface area (Å²) in [6.07, 6.45) is 7.75. The minimum absolute atomic E-state index is 0.833. The quantitative estimate of drug-likeness (QED) is 0.212. The SMILES string of the molecule is C=C.C=C.C=C(C)C.C=C(C)C.C=C(C)C.C=CC.C=CC.C=CC.CC.CC.CC.CC.CC.CC.CC.CC.CC.CC(C)C.CC(C)C.CC(C)C.CC(C)C.CCC.CCC. The van der Waals surface area contributed by atoms with E-state index in [1.54, 1.807) is 18.2 Å². The van der Waals surface area contributed by atoms with Crippen molar-refractivity contribution in [2.75, 3.05) is 0 Å². The van der Waals surface area contributed by atoms with Crippen molar-refractivity contribution >= 4 is 0 Å². The van der Waals surface area contributed by atoms with Crippen LogP contribution < -0.4 is 0 Å². The summed E-state index contributed by atoms with van der Waals surface area (Å²) < 4.78 is 0. The third-order valence-electron chi connectivity index (χ3n) is 0. The second-order valence-electron chi connectivity index (χ2n) is 13.2. The smallest absolute Gasteiger partial charge is 0.0445 e. The topological polar surface area (TPSA) is 0 Å². The normalized spacial score (nSPS) is 5.52. The summed E-state index contributed by atoms with van der Waals surface area (Å²) in [5.41, 5.74) is 3.50. The zero-order chi connectivity index (χ0) is 60.6. The predicted molar refractivity (Wildman–Crippen MR) is 348 cm³/mol. The van der Waals surface area contributed by atoms with Crippen LogP contribution in [0.4, 0.5) is 0 Å². The monoisotopic (exact) mass is 941 g/mol. The largest absolute Gasteiger partial charge is 0.106 e. The van der Waals surface area contributed by atoms with E-state index in [2.05, 4.69) is 177 Å². The van der Waals surface area contributed by atoms with Crippen LogP contribution in [0.15, 0.2) is 101 Å². The fourth-order valence-electron chi connectivity index (χ4n) is 0. The molecule has 0 radical (unpaired) electrons. The minimum Gasteiger partial charge on any atom is -0.106 e. The highest BCUT2D eigenvalue weighted by Crippen LogP contribution is 1.82. The van der Waals surface area contributed by atoms with Crippen molar-refractivity contribution in [1.29, 1.82) is 0 Å². The van der Waals surface area contributed by atoms with E-state index in [1.165, 1.54) is 29.6 Å². The number of allylic oxidation sites excluding steroid dienone is 6. The second-order valence-corrected chi connectivity index (χ2v) is 13.2. The van der Waals surface area contributed by atoms with E-state index in [-0.39, 0.29) is 0 Å². The molecule has 0 aromatic rings. The maximum atomic E-state index is 3.56. The summed E-state index contributed by atoms with van der Waals surface area (Å²) >= 11 is 0. The molecule has 0 heteroatoms.